The number of nitrogens with one attached hydrogen (secondary N) is 1. The molecule has 136 valence electrons. The number of sulfonamides is 1. The second kappa shape index (κ2) is 7.50. The number of esters is 1. The van der Waals surface area contributed by atoms with Crippen LogP contribution in [0.25, 0.3) is 10.2 Å². The van der Waals surface area contributed by atoms with E-state index in [1.54, 1.807) is 54.6 Å². The van der Waals surface area contributed by atoms with Gasteiger partial charge in [-0.3, -0.25) is 0 Å². The molecular weight excluding hydrogens is 376 g/mol. The van der Waals surface area contributed by atoms with Crippen molar-refractivity contribution in [2.24, 2.45) is 0 Å². The molecule has 0 amide bonds. The van der Waals surface area contributed by atoms with Crippen molar-refractivity contribution in [3.8, 4) is 0 Å². The fourth-order valence-electron chi connectivity index (χ4n) is 2.42. The average Bonchev–Trinajstić information content (AvgIpc) is 3.11. The molecule has 0 saturated heterocycles. The first kappa shape index (κ1) is 18.5. The van der Waals surface area contributed by atoms with E-state index in [2.05, 4.69) is 14.4 Å². The molecule has 7 nitrogen and oxygen atoms in total. The van der Waals surface area contributed by atoms with Gasteiger partial charge in [-0.25, -0.2) is 18.2 Å². The number of carbonyl (C=O) groups is 1. The van der Waals surface area contributed by atoms with Crippen LogP contribution < -0.4 is 4.72 Å². The van der Waals surface area contributed by atoms with Crippen molar-refractivity contribution in [3.63, 3.8) is 0 Å². The molecule has 2 atom stereocenters. The van der Waals surface area contributed by atoms with Gasteiger partial charge in [0.15, 0.2) is 6.10 Å². The second-order valence-corrected chi connectivity index (χ2v) is 8.34. The molecule has 0 fully saturated rings. The Labute approximate surface area is 154 Å². The molecule has 3 rings (SSSR count). The summed E-state index contributed by atoms with van der Waals surface area (Å²) >= 11 is 1.01. The van der Waals surface area contributed by atoms with Gasteiger partial charge in [0.1, 0.15) is 0 Å². The van der Waals surface area contributed by atoms with Crippen LogP contribution in [0.2, 0.25) is 0 Å². The molecule has 0 spiro atoms. The highest BCUT2D eigenvalue weighted by Gasteiger charge is 2.33. The molecule has 2 N–H and O–H groups in total. The van der Waals surface area contributed by atoms with Crippen molar-refractivity contribution >= 4 is 37.5 Å². The number of thiazole rings is 1. The number of aromatic nitrogens is 1. The quantitative estimate of drug-likeness (QED) is 0.620. The highest BCUT2D eigenvalue weighted by molar-refractivity contribution is 7.91. The molecule has 0 radical (unpaired) electrons. The summed E-state index contributed by atoms with van der Waals surface area (Å²) in [6.45, 7) is 0. The third kappa shape index (κ3) is 3.75. The summed E-state index contributed by atoms with van der Waals surface area (Å²) in [5.41, 5.74) is 0.984. The zero-order valence-electron chi connectivity index (χ0n) is 13.7. The Bertz CT molecular complexity index is 985. The lowest BCUT2D eigenvalue weighted by molar-refractivity contribution is -0.151. The summed E-state index contributed by atoms with van der Waals surface area (Å²) in [7, 11) is -2.95. The normalized spacial score (nSPS) is 14.1. The van der Waals surface area contributed by atoms with Gasteiger partial charge in [-0.1, -0.05) is 42.5 Å². The Balaban J connectivity index is 1.98. The van der Waals surface area contributed by atoms with E-state index in [4.69, 9.17) is 0 Å². The predicted molar refractivity (Wildman–Crippen MR) is 97.1 cm³/mol. The Morgan fingerprint density at radius 2 is 1.81 bits per heavy atom. The monoisotopic (exact) mass is 392 g/mol. The largest absolute Gasteiger partial charge is 0.467 e. The molecule has 0 saturated carbocycles. The summed E-state index contributed by atoms with van der Waals surface area (Å²) in [6, 6.07) is 14.1. The van der Waals surface area contributed by atoms with Crippen LogP contribution in [0, 0.1) is 0 Å². The Kier molecular flexibility index (Phi) is 5.33. The van der Waals surface area contributed by atoms with Gasteiger partial charge in [0.05, 0.1) is 23.4 Å². The van der Waals surface area contributed by atoms with Crippen molar-refractivity contribution in [1.82, 2.24) is 9.71 Å². The minimum Gasteiger partial charge on any atom is -0.467 e. The summed E-state index contributed by atoms with van der Waals surface area (Å²) in [6.07, 6.45) is -1.70. The topological polar surface area (TPSA) is 106 Å². The zero-order valence-corrected chi connectivity index (χ0v) is 15.3. The first-order valence-corrected chi connectivity index (χ1v) is 9.91. The van der Waals surface area contributed by atoms with Crippen LogP contribution in [0.1, 0.15) is 11.6 Å². The third-order valence-electron chi connectivity index (χ3n) is 3.70. The first-order valence-electron chi connectivity index (χ1n) is 7.61. The van der Waals surface area contributed by atoms with Crippen LogP contribution in [-0.4, -0.2) is 37.7 Å². The minimum atomic E-state index is -4.07. The maximum Gasteiger partial charge on any atom is 0.336 e. The minimum absolute atomic E-state index is 0.142. The number of hydrogen-bond donors (Lipinski definition) is 2. The van der Waals surface area contributed by atoms with E-state index in [0.29, 0.717) is 11.1 Å². The lowest BCUT2D eigenvalue weighted by Gasteiger charge is -2.22. The van der Waals surface area contributed by atoms with E-state index in [0.717, 1.165) is 23.1 Å². The van der Waals surface area contributed by atoms with E-state index in [1.165, 1.54) is 0 Å². The van der Waals surface area contributed by atoms with Gasteiger partial charge < -0.3 is 9.84 Å². The third-order valence-corrected chi connectivity index (χ3v) is 6.56. The van der Waals surface area contributed by atoms with E-state index >= 15 is 0 Å². The van der Waals surface area contributed by atoms with Gasteiger partial charge in [0.25, 0.3) is 10.0 Å². The van der Waals surface area contributed by atoms with Crippen LogP contribution in [0.4, 0.5) is 0 Å². The summed E-state index contributed by atoms with van der Waals surface area (Å²) < 4.78 is 33.0. The second-order valence-electron chi connectivity index (χ2n) is 5.43. The fourth-order valence-corrected chi connectivity index (χ4v) is 4.88. The van der Waals surface area contributed by atoms with Crippen molar-refractivity contribution in [1.29, 1.82) is 0 Å². The highest BCUT2D eigenvalue weighted by atomic mass is 32.2. The van der Waals surface area contributed by atoms with Crippen LogP contribution >= 0.6 is 11.3 Å². The smallest absolute Gasteiger partial charge is 0.336 e. The van der Waals surface area contributed by atoms with Gasteiger partial charge in [-0.05, 0) is 17.7 Å². The number of methoxy groups -OCH3 is 1. The van der Waals surface area contributed by atoms with Crippen LogP contribution in [-0.2, 0) is 19.6 Å². The predicted octanol–water partition coefficient (Wildman–Crippen LogP) is 1.85. The average molecular weight is 392 g/mol. The number of benzene rings is 2. The molecule has 0 unspecified atom stereocenters. The number of ether oxygens (including phenoxy) is 1. The fraction of sp³-hybridized carbons (Fsp3) is 0.176. The van der Waals surface area contributed by atoms with Crippen LogP contribution in [0.3, 0.4) is 0 Å². The van der Waals surface area contributed by atoms with Crippen LogP contribution in [0.5, 0.6) is 0 Å². The molecule has 1 aromatic heterocycles. The lowest BCUT2D eigenvalue weighted by atomic mass is 10.0. The number of nitrogens with zero attached hydrogens (tertiary/aromatic N) is 1. The molecule has 0 aliphatic carbocycles. The molecule has 9 heteroatoms. The number of carbonyl (C=O) groups excluding carboxylic acids is 1. The molecule has 3 aromatic rings. The first-order chi connectivity index (χ1) is 12.4. The van der Waals surface area contributed by atoms with E-state index in [1.807, 2.05) is 0 Å². The number of aliphatic hydroxyl groups is 1. The zero-order chi connectivity index (χ0) is 18.7. The highest BCUT2D eigenvalue weighted by Crippen LogP contribution is 2.27. The van der Waals surface area contributed by atoms with Crippen molar-refractivity contribution in [2.45, 2.75) is 16.5 Å². The van der Waals surface area contributed by atoms with Crippen molar-refractivity contribution in [2.75, 3.05) is 7.11 Å². The van der Waals surface area contributed by atoms with E-state index in [-0.39, 0.29) is 4.34 Å². The van der Waals surface area contributed by atoms with E-state index < -0.39 is 28.1 Å². The maximum absolute atomic E-state index is 12.8. The summed E-state index contributed by atoms with van der Waals surface area (Å²) in [5, 5.41) is 10.3. The number of fused-ring (bicyclic) bond motifs is 1. The Hall–Kier alpha value is -2.33. The van der Waals surface area contributed by atoms with Gasteiger partial charge in [-0.15, -0.1) is 11.3 Å². The molecule has 26 heavy (non-hydrogen) atoms. The van der Waals surface area contributed by atoms with Gasteiger partial charge in [0, 0.05) is 0 Å². The van der Waals surface area contributed by atoms with Gasteiger partial charge in [0.2, 0.25) is 4.34 Å². The van der Waals surface area contributed by atoms with Crippen molar-refractivity contribution < 1.29 is 23.1 Å². The van der Waals surface area contributed by atoms with Crippen molar-refractivity contribution in [3.05, 3.63) is 60.2 Å². The summed E-state index contributed by atoms with van der Waals surface area (Å²) in [5.74, 6) is -0.939. The SMILES string of the molecule is COC(=O)[C@H](O)[C@@H](NS(=O)(=O)c1nc2ccccc2s1)c1ccccc1. The maximum atomic E-state index is 12.8. The number of aliphatic hydroxyl groups excluding tert-OH is 1. The summed E-state index contributed by atoms with van der Waals surface area (Å²) in [4.78, 5) is 15.9. The number of rotatable bonds is 6. The standard InChI is InChI=1S/C17H16N2O5S2/c1-24-16(21)15(20)14(11-7-3-2-4-8-11)19-26(22,23)17-18-12-9-5-6-10-13(12)25-17/h2-10,14-15,19-20H,1H3/t14-,15+/m0/s1. The molecule has 2 aromatic carbocycles. The Morgan fingerprint density at radius 1 is 1.15 bits per heavy atom. The lowest BCUT2D eigenvalue weighted by Crippen LogP contribution is -2.40. The molecular formula is C17H16N2O5S2. The molecule has 1 heterocycles. The number of para-hydroxylation sites is 1. The molecule has 0 aliphatic rings. The van der Waals surface area contributed by atoms with Crippen LogP contribution in [0.15, 0.2) is 58.9 Å². The molecule has 0 aliphatic heterocycles. The number of hydrogen-bond acceptors (Lipinski definition) is 7. The van der Waals surface area contributed by atoms with E-state index in [9.17, 15) is 18.3 Å². The molecule has 0 bridgehead atoms. The van der Waals surface area contributed by atoms with Gasteiger partial charge in [-0.2, -0.15) is 4.72 Å². The van der Waals surface area contributed by atoms with Gasteiger partial charge >= 0.3 is 5.97 Å². The Morgan fingerprint density at radius 3 is 2.46 bits per heavy atom.